The predicted molar refractivity (Wildman–Crippen MR) is 82.4 cm³/mol. The van der Waals surface area contributed by atoms with Crippen molar-refractivity contribution in [1.82, 2.24) is 10.2 Å². The summed E-state index contributed by atoms with van der Waals surface area (Å²) in [6.45, 7) is 9.13. The van der Waals surface area contributed by atoms with Crippen molar-refractivity contribution >= 4 is 0 Å². The molecule has 0 aromatic heterocycles. The van der Waals surface area contributed by atoms with Crippen molar-refractivity contribution in [3.05, 3.63) is 35.6 Å². The fourth-order valence-electron chi connectivity index (χ4n) is 2.95. The number of rotatable bonds is 6. The van der Waals surface area contributed by atoms with Gasteiger partial charge in [0.25, 0.3) is 0 Å². The molecular weight excluding hydrogens is 251 g/mol. The number of benzene rings is 1. The highest BCUT2D eigenvalue weighted by Gasteiger charge is 2.18. The van der Waals surface area contributed by atoms with Gasteiger partial charge in [0.1, 0.15) is 5.82 Å². The number of halogens is 1. The lowest BCUT2D eigenvalue weighted by Crippen LogP contribution is -2.44. The van der Waals surface area contributed by atoms with Gasteiger partial charge in [-0.3, -0.25) is 0 Å². The van der Waals surface area contributed by atoms with Crippen molar-refractivity contribution in [2.45, 2.75) is 39.2 Å². The normalized spacial score (nSPS) is 17.8. The topological polar surface area (TPSA) is 15.3 Å². The summed E-state index contributed by atoms with van der Waals surface area (Å²) in [7, 11) is 0. The molecule has 0 aliphatic carbocycles. The first-order valence-corrected chi connectivity index (χ1v) is 7.83. The summed E-state index contributed by atoms with van der Waals surface area (Å²) in [6, 6.07) is 7.55. The summed E-state index contributed by atoms with van der Waals surface area (Å²) < 4.78 is 13.1. The Bertz CT molecular complexity index is 398. The molecule has 2 nitrogen and oxygen atoms in total. The fourth-order valence-corrected chi connectivity index (χ4v) is 2.95. The largest absolute Gasteiger partial charge is 0.314 e. The molecule has 0 bridgehead atoms. The second kappa shape index (κ2) is 7.75. The van der Waals surface area contributed by atoms with Gasteiger partial charge < -0.3 is 10.2 Å². The number of likely N-dealkylation sites (tertiary alicyclic amines) is 1. The summed E-state index contributed by atoms with van der Waals surface area (Å²) in [5.74, 6) is 0.622. The van der Waals surface area contributed by atoms with E-state index in [4.69, 9.17) is 0 Å². The third-order valence-electron chi connectivity index (χ3n) is 3.95. The van der Waals surface area contributed by atoms with Gasteiger partial charge in [-0.05, 0) is 62.5 Å². The van der Waals surface area contributed by atoms with Gasteiger partial charge in [-0.25, -0.2) is 4.39 Å². The van der Waals surface area contributed by atoms with E-state index in [0.29, 0.717) is 6.04 Å². The van der Waals surface area contributed by atoms with Gasteiger partial charge in [0.05, 0.1) is 0 Å². The molecule has 0 spiro atoms. The molecule has 1 aromatic rings. The van der Waals surface area contributed by atoms with E-state index < -0.39 is 0 Å². The monoisotopic (exact) mass is 278 g/mol. The van der Waals surface area contributed by atoms with Gasteiger partial charge in [-0.1, -0.05) is 26.0 Å². The van der Waals surface area contributed by atoms with E-state index in [0.717, 1.165) is 24.4 Å². The Kier molecular flexibility index (Phi) is 5.99. The molecule has 0 amide bonds. The van der Waals surface area contributed by atoms with E-state index in [1.54, 1.807) is 12.1 Å². The maximum absolute atomic E-state index is 13.1. The SMILES string of the molecule is CC(C)CN1CCC(NCCc2cccc(F)c2)CC1. The van der Waals surface area contributed by atoms with Crippen LogP contribution in [0.25, 0.3) is 0 Å². The van der Waals surface area contributed by atoms with Gasteiger partial charge in [0.2, 0.25) is 0 Å². The molecular formula is C17H27FN2. The lowest BCUT2D eigenvalue weighted by molar-refractivity contribution is 0.180. The Morgan fingerprint density at radius 2 is 2.05 bits per heavy atom. The zero-order chi connectivity index (χ0) is 14.4. The lowest BCUT2D eigenvalue weighted by Gasteiger charge is -2.33. The highest BCUT2D eigenvalue weighted by atomic mass is 19.1. The second-order valence-electron chi connectivity index (χ2n) is 6.30. The summed E-state index contributed by atoms with van der Waals surface area (Å²) in [5.41, 5.74) is 1.08. The van der Waals surface area contributed by atoms with Crippen molar-refractivity contribution in [3.8, 4) is 0 Å². The zero-order valence-electron chi connectivity index (χ0n) is 12.7. The van der Waals surface area contributed by atoms with Crippen LogP contribution in [0.5, 0.6) is 0 Å². The van der Waals surface area contributed by atoms with Gasteiger partial charge in [-0.2, -0.15) is 0 Å². The predicted octanol–water partition coefficient (Wildman–Crippen LogP) is 3.08. The molecule has 1 fully saturated rings. The van der Waals surface area contributed by atoms with Crippen LogP contribution < -0.4 is 5.32 Å². The number of nitrogens with one attached hydrogen (secondary N) is 1. The fraction of sp³-hybridized carbons (Fsp3) is 0.647. The van der Waals surface area contributed by atoms with Crippen LogP contribution in [0.1, 0.15) is 32.3 Å². The van der Waals surface area contributed by atoms with Crippen LogP contribution in [0.15, 0.2) is 24.3 Å². The molecule has 0 radical (unpaired) electrons. The summed E-state index contributed by atoms with van der Waals surface area (Å²) >= 11 is 0. The Hall–Kier alpha value is -0.930. The summed E-state index contributed by atoms with van der Waals surface area (Å²) in [4.78, 5) is 2.56. The maximum Gasteiger partial charge on any atom is 0.123 e. The van der Waals surface area contributed by atoms with Crippen molar-refractivity contribution in [2.24, 2.45) is 5.92 Å². The van der Waals surface area contributed by atoms with Crippen molar-refractivity contribution in [2.75, 3.05) is 26.2 Å². The molecule has 0 saturated carbocycles. The van der Waals surface area contributed by atoms with Crippen molar-refractivity contribution < 1.29 is 4.39 Å². The van der Waals surface area contributed by atoms with Crippen LogP contribution in [0, 0.1) is 11.7 Å². The Morgan fingerprint density at radius 1 is 1.30 bits per heavy atom. The number of nitrogens with zero attached hydrogens (tertiary/aromatic N) is 1. The Morgan fingerprint density at radius 3 is 2.70 bits per heavy atom. The first kappa shape index (κ1) is 15.5. The van der Waals surface area contributed by atoms with Crippen molar-refractivity contribution in [1.29, 1.82) is 0 Å². The standard InChI is InChI=1S/C17H27FN2/c1-14(2)13-20-10-7-17(8-11-20)19-9-6-15-4-3-5-16(18)12-15/h3-5,12,14,17,19H,6-11,13H2,1-2H3. The van der Waals surface area contributed by atoms with Crippen LogP contribution in [-0.2, 0) is 6.42 Å². The molecule has 1 saturated heterocycles. The molecule has 1 heterocycles. The zero-order valence-corrected chi connectivity index (χ0v) is 12.7. The quantitative estimate of drug-likeness (QED) is 0.860. The minimum absolute atomic E-state index is 0.135. The van der Waals surface area contributed by atoms with Gasteiger partial charge in [0.15, 0.2) is 0 Å². The molecule has 20 heavy (non-hydrogen) atoms. The first-order valence-electron chi connectivity index (χ1n) is 7.83. The van der Waals surface area contributed by atoms with Crippen LogP contribution in [0.3, 0.4) is 0 Å². The van der Waals surface area contributed by atoms with Crippen molar-refractivity contribution in [3.63, 3.8) is 0 Å². The van der Waals surface area contributed by atoms with E-state index in [2.05, 4.69) is 24.1 Å². The van der Waals surface area contributed by atoms with E-state index in [9.17, 15) is 4.39 Å². The summed E-state index contributed by atoms with van der Waals surface area (Å²) in [6.07, 6.45) is 3.37. The molecule has 112 valence electrons. The number of hydrogen-bond acceptors (Lipinski definition) is 2. The molecule has 0 atom stereocenters. The van der Waals surface area contributed by atoms with Crippen LogP contribution in [0.2, 0.25) is 0 Å². The molecule has 2 rings (SSSR count). The van der Waals surface area contributed by atoms with Crippen LogP contribution >= 0.6 is 0 Å². The number of hydrogen-bond donors (Lipinski definition) is 1. The Balaban J connectivity index is 1.64. The van der Waals surface area contributed by atoms with Crippen LogP contribution in [0.4, 0.5) is 4.39 Å². The third-order valence-corrected chi connectivity index (χ3v) is 3.95. The minimum Gasteiger partial charge on any atom is -0.314 e. The summed E-state index contributed by atoms with van der Waals surface area (Å²) in [5, 5.41) is 3.61. The average Bonchev–Trinajstić information content (AvgIpc) is 2.40. The second-order valence-corrected chi connectivity index (χ2v) is 6.30. The van der Waals surface area contributed by atoms with E-state index in [-0.39, 0.29) is 5.82 Å². The molecule has 1 aliphatic rings. The maximum atomic E-state index is 13.1. The lowest BCUT2D eigenvalue weighted by atomic mass is 10.0. The van der Waals surface area contributed by atoms with Gasteiger partial charge in [-0.15, -0.1) is 0 Å². The molecule has 1 aromatic carbocycles. The molecule has 1 aliphatic heterocycles. The molecule has 1 N–H and O–H groups in total. The first-order chi connectivity index (χ1) is 9.63. The van der Waals surface area contributed by atoms with Gasteiger partial charge >= 0.3 is 0 Å². The third kappa shape index (κ3) is 5.22. The number of piperidine rings is 1. The highest BCUT2D eigenvalue weighted by Crippen LogP contribution is 2.12. The molecule has 0 unspecified atom stereocenters. The Labute approximate surface area is 122 Å². The van der Waals surface area contributed by atoms with Crippen LogP contribution in [-0.4, -0.2) is 37.1 Å². The van der Waals surface area contributed by atoms with E-state index in [1.165, 1.54) is 38.5 Å². The van der Waals surface area contributed by atoms with E-state index in [1.807, 2.05) is 6.07 Å². The molecule has 3 heteroatoms. The minimum atomic E-state index is -0.135. The average molecular weight is 278 g/mol. The van der Waals surface area contributed by atoms with E-state index >= 15 is 0 Å². The van der Waals surface area contributed by atoms with Gasteiger partial charge in [0, 0.05) is 12.6 Å². The smallest absolute Gasteiger partial charge is 0.123 e. The highest BCUT2D eigenvalue weighted by molar-refractivity contribution is 5.16.